The third-order valence-corrected chi connectivity index (χ3v) is 5.99. The first-order valence-electron chi connectivity index (χ1n) is 10.6. The molecule has 154 valence electrons. The van der Waals surface area contributed by atoms with Gasteiger partial charge in [0.15, 0.2) is 0 Å². The van der Waals surface area contributed by atoms with E-state index in [-0.39, 0.29) is 17.7 Å². The lowest BCUT2D eigenvalue weighted by Crippen LogP contribution is -2.53. The van der Waals surface area contributed by atoms with Gasteiger partial charge in [-0.25, -0.2) is 4.79 Å². The van der Waals surface area contributed by atoms with E-state index in [9.17, 15) is 4.79 Å². The van der Waals surface area contributed by atoms with Gasteiger partial charge in [0, 0.05) is 12.5 Å². The van der Waals surface area contributed by atoms with E-state index in [0.29, 0.717) is 19.1 Å². The molecule has 0 aromatic heterocycles. The molecule has 4 heteroatoms. The molecule has 2 unspecified atom stereocenters. The van der Waals surface area contributed by atoms with Gasteiger partial charge in [0.2, 0.25) is 0 Å². The largest absolute Gasteiger partial charge is 0.444 e. The molecule has 0 bridgehead atoms. The normalized spacial score (nSPS) is 27.2. The Labute approximate surface area is 173 Å². The minimum atomic E-state index is -0.522. The molecule has 1 amide bonds. The zero-order chi connectivity index (χ0) is 20.5. The van der Waals surface area contributed by atoms with Gasteiger partial charge in [-0.3, -0.25) is 4.90 Å². The molecule has 2 heterocycles. The van der Waals surface area contributed by atoms with Gasteiger partial charge in [0.25, 0.3) is 0 Å². The molecule has 4 nitrogen and oxygen atoms in total. The summed E-state index contributed by atoms with van der Waals surface area (Å²) in [5, 5.41) is 0. The SMILES string of the molecule is CC(C)(C)OC(=O)N1CCC[C@]2(CC(c3ccccc3)CO2)C1c1ccccc1. The number of nitrogens with zero attached hydrogens (tertiary/aromatic N) is 1. The molecular weight excluding hydrogens is 362 g/mol. The van der Waals surface area contributed by atoms with Crippen molar-refractivity contribution in [1.82, 2.24) is 4.90 Å². The van der Waals surface area contributed by atoms with Crippen molar-refractivity contribution in [2.24, 2.45) is 0 Å². The van der Waals surface area contributed by atoms with E-state index in [1.807, 2.05) is 49.9 Å². The lowest BCUT2D eigenvalue weighted by atomic mass is 9.76. The average Bonchev–Trinajstić information content (AvgIpc) is 3.12. The molecule has 1 spiro atoms. The van der Waals surface area contributed by atoms with Gasteiger partial charge in [-0.05, 0) is 51.2 Å². The molecule has 3 atom stereocenters. The lowest BCUT2D eigenvalue weighted by molar-refractivity contribution is -0.0981. The highest BCUT2D eigenvalue weighted by Gasteiger charge is 2.53. The van der Waals surface area contributed by atoms with Crippen LogP contribution in [0.15, 0.2) is 60.7 Å². The number of hydrogen-bond acceptors (Lipinski definition) is 3. The number of piperidine rings is 1. The summed E-state index contributed by atoms with van der Waals surface area (Å²) in [6.45, 7) is 7.13. The number of likely N-dealkylation sites (tertiary alicyclic amines) is 1. The van der Waals surface area contributed by atoms with Gasteiger partial charge in [-0.15, -0.1) is 0 Å². The summed E-state index contributed by atoms with van der Waals surface area (Å²) in [4.78, 5) is 15.0. The van der Waals surface area contributed by atoms with Crippen LogP contribution < -0.4 is 0 Å². The van der Waals surface area contributed by atoms with Crippen LogP contribution >= 0.6 is 0 Å². The molecule has 2 aromatic carbocycles. The fourth-order valence-electron chi connectivity index (χ4n) is 4.84. The molecule has 2 aliphatic rings. The van der Waals surface area contributed by atoms with Crippen LogP contribution in [0.5, 0.6) is 0 Å². The van der Waals surface area contributed by atoms with Crippen molar-refractivity contribution < 1.29 is 14.3 Å². The number of hydrogen-bond donors (Lipinski definition) is 0. The Bertz CT molecular complexity index is 830. The quantitative estimate of drug-likeness (QED) is 0.657. The standard InChI is InChI=1S/C25H31NO3/c1-24(2,3)29-23(27)26-16-10-15-25(22(26)20-13-8-5-9-14-20)17-21(18-28-25)19-11-6-4-7-12-19/h4-9,11-14,21-22H,10,15-18H2,1-3H3/t21?,22?,25-/m0/s1. The maximum absolute atomic E-state index is 13.1. The summed E-state index contributed by atoms with van der Waals surface area (Å²) in [5.41, 5.74) is 1.53. The Kier molecular flexibility index (Phi) is 5.39. The van der Waals surface area contributed by atoms with Crippen LogP contribution in [0, 0.1) is 0 Å². The molecule has 2 saturated heterocycles. The number of carbonyl (C=O) groups is 1. The van der Waals surface area contributed by atoms with E-state index in [0.717, 1.165) is 24.8 Å². The minimum absolute atomic E-state index is 0.138. The summed E-state index contributed by atoms with van der Waals surface area (Å²) < 4.78 is 12.4. The number of benzene rings is 2. The molecular formula is C25H31NO3. The maximum atomic E-state index is 13.1. The van der Waals surface area contributed by atoms with Crippen LogP contribution in [0.3, 0.4) is 0 Å². The highest BCUT2D eigenvalue weighted by molar-refractivity contribution is 5.69. The summed E-state index contributed by atoms with van der Waals surface area (Å²) >= 11 is 0. The van der Waals surface area contributed by atoms with Gasteiger partial charge < -0.3 is 9.47 Å². The topological polar surface area (TPSA) is 38.8 Å². The van der Waals surface area contributed by atoms with Crippen molar-refractivity contribution in [2.75, 3.05) is 13.2 Å². The zero-order valence-electron chi connectivity index (χ0n) is 17.6. The molecule has 0 saturated carbocycles. The van der Waals surface area contributed by atoms with Crippen molar-refractivity contribution in [1.29, 1.82) is 0 Å². The van der Waals surface area contributed by atoms with Gasteiger partial charge in [0.1, 0.15) is 5.60 Å². The van der Waals surface area contributed by atoms with Gasteiger partial charge in [-0.1, -0.05) is 60.7 Å². The zero-order valence-corrected chi connectivity index (χ0v) is 17.6. The van der Waals surface area contributed by atoms with Crippen LogP contribution in [-0.2, 0) is 9.47 Å². The van der Waals surface area contributed by atoms with Crippen LogP contribution in [-0.4, -0.2) is 35.3 Å². The molecule has 2 aromatic rings. The van der Waals surface area contributed by atoms with Gasteiger partial charge in [0.05, 0.1) is 18.2 Å². The summed E-state index contributed by atoms with van der Waals surface area (Å²) in [7, 11) is 0. The smallest absolute Gasteiger partial charge is 0.410 e. The Morgan fingerprint density at radius 2 is 1.66 bits per heavy atom. The second-order valence-electron chi connectivity index (χ2n) is 9.28. The average molecular weight is 394 g/mol. The molecule has 0 radical (unpaired) electrons. The Balaban J connectivity index is 1.68. The van der Waals surface area contributed by atoms with Crippen molar-refractivity contribution >= 4 is 6.09 Å². The minimum Gasteiger partial charge on any atom is -0.444 e. The Morgan fingerprint density at radius 1 is 1.03 bits per heavy atom. The third kappa shape index (κ3) is 4.18. The highest BCUT2D eigenvalue weighted by Crippen LogP contribution is 2.51. The van der Waals surface area contributed by atoms with Gasteiger partial charge in [-0.2, -0.15) is 0 Å². The fraction of sp³-hybridized carbons (Fsp3) is 0.480. The number of amides is 1. The maximum Gasteiger partial charge on any atom is 0.410 e. The van der Waals surface area contributed by atoms with Crippen molar-refractivity contribution in [3.8, 4) is 0 Å². The highest BCUT2D eigenvalue weighted by atomic mass is 16.6. The first-order valence-corrected chi connectivity index (χ1v) is 10.6. The Morgan fingerprint density at radius 3 is 2.28 bits per heavy atom. The predicted octanol–water partition coefficient (Wildman–Crippen LogP) is 5.70. The molecule has 2 fully saturated rings. The Hall–Kier alpha value is -2.33. The number of ether oxygens (including phenoxy) is 2. The molecule has 2 aliphatic heterocycles. The number of rotatable bonds is 2. The monoisotopic (exact) mass is 393 g/mol. The van der Waals surface area contributed by atoms with Crippen molar-refractivity contribution in [2.45, 2.75) is 63.2 Å². The second kappa shape index (κ2) is 7.83. The summed E-state index contributed by atoms with van der Waals surface area (Å²) in [5.74, 6) is 0.348. The predicted molar refractivity (Wildman–Crippen MR) is 114 cm³/mol. The summed E-state index contributed by atoms with van der Waals surface area (Å²) in [6, 6.07) is 20.7. The summed E-state index contributed by atoms with van der Waals surface area (Å²) in [6.07, 6.45) is 2.53. The van der Waals surface area contributed by atoms with E-state index in [1.165, 1.54) is 5.56 Å². The van der Waals surface area contributed by atoms with E-state index in [2.05, 4.69) is 36.4 Å². The fourth-order valence-corrected chi connectivity index (χ4v) is 4.84. The van der Waals surface area contributed by atoms with Crippen molar-refractivity contribution in [3.05, 3.63) is 71.8 Å². The number of carbonyl (C=O) groups excluding carboxylic acids is 1. The molecule has 0 N–H and O–H groups in total. The van der Waals surface area contributed by atoms with E-state index in [1.54, 1.807) is 0 Å². The molecule has 4 rings (SSSR count). The third-order valence-electron chi connectivity index (χ3n) is 5.99. The van der Waals surface area contributed by atoms with Crippen LogP contribution in [0.2, 0.25) is 0 Å². The van der Waals surface area contributed by atoms with Crippen LogP contribution in [0.4, 0.5) is 4.79 Å². The van der Waals surface area contributed by atoms with E-state index in [4.69, 9.17) is 9.47 Å². The molecule has 29 heavy (non-hydrogen) atoms. The lowest BCUT2D eigenvalue weighted by Gasteiger charge is -2.47. The van der Waals surface area contributed by atoms with Gasteiger partial charge >= 0.3 is 6.09 Å². The van der Waals surface area contributed by atoms with Crippen LogP contribution in [0.1, 0.15) is 63.1 Å². The van der Waals surface area contributed by atoms with E-state index >= 15 is 0 Å². The van der Waals surface area contributed by atoms with E-state index < -0.39 is 5.60 Å². The second-order valence-corrected chi connectivity index (χ2v) is 9.28. The first-order chi connectivity index (χ1) is 13.9. The first kappa shape index (κ1) is 20.0. The van der Waals surface area contributed by atoms with Crippen molar-refractivity contribution in [3.63, 3.8) is 0 Å². The molecule has 0 aliphatic carbocycles. The van der Waals surface area contributed by atoms with Crippen LogP contribution in [0.25, 0.3) is 0 Å².